The third kappa shape index (κ3) is 2.57. The highest BCUT2D eigenvalue weighted by Crippen LogP contribution is 2.09. The van der Waals surface area contributed by atoms with Gasteiger partial charge in [-0.1, -0.05) is 6.07 Å². The van der Waals surface area contributed by atoms with Crippen LogP contribution in [0.25, 0.3) is 5.65 Å². The van der Waals surface area contributed by atoms with Crippen LogP contribution in [0.15, 0.2) is 37.1 Å². The van der Waals surface area contributed by atoms with Crippen LogP contribution in [0.2, 0.25) is 0 Å². The number of hydrogen-bond donors (Lipinski definition) is 1. The fourth-order valence-corrected chi connectivity index (χ4v) is 2.00. The fraction of sp³-hybridized carbons (Fsp3) is 0.308. The Balaban J connectivity index is 1.58. The van der Waals surface area contributed by atoms with Crippen molar-refractivity contribution in [2.24, 2.45) is 0 Å². The molecule has 3 rings (SSSR count). The van der Waals surface area contributed by atoms with Crippen molar-refractivity contribution in [2.75, 3.05) is 11.9 Å². The molecule has 1 N–H and O–H groups in total. The smallest absolute Gasteiger partial charge is 0.243 e. The van der Waals surface area contributed by atoms with Crippen LogP contribution in [-0.2, 0) is 6.54 Å². The summed E-state index contributed by atoms with van der Waals surface area (Å²) in [5, 5.41) is 7.63. The van der Waals surface area contributed by atoms with Crippen LogP contribution in [0.5, 0.6) is 0 Å². The van der Waals surface area contributed by atoms with Crippen LogP contribution in [-0.4, -0.2) is 30.7 Å². The first-order valence-electron chi connectivity index (χ1n) is 6.34. The van der Waals surface area contributed by atoms with E-state index in [0.717, 1.165) is 30.7 Å². The van der Waals surface area contributed by atoms with Gasteiger partial charge in [0.15, 0.2) is 5.65 Å². The molecule has 0 radical (unpaired) electrons. The Hall–Kier alpha value is -2.37. The van der Waals surface area contributed by atoms with E-state index in [-0.39, 0.29) is 0 Å². The highest BCUT2D eigenvalue weighted by atomic mass is 15.3. The SMILES string of the molecule is Cc1cccn2nc(NCCCn3ccnc3)nc12. The van der Waals surface area contributed by atoms with Gasteiger partial charge in [-0.15, -0.1) is 5.10 Å². The molecular weight excluding hydrogens is 240 g/mol. The van der Waals surface area contributed by atoms with Gasteiger partial charge >= 0.3 is 0 Å². The van der Waals surface area contributed by atoms with Crippen molar-refractivity contribution in [3.8, 4) is 0 Å². The molecule has 0 spiro atoms. The Kier molecular flexibility index (Phi) is 3.14. The summed E-state index contributed by atoms with van der Waals surface area (Å²) in [5.74, 6) is 0.680. The molecular formula is C13H16N6. The number of aryl methyl sites for hydroxylation is 2. The van der Waals surface area contributed by atoms with Crippen molar-refractivity contribution >= 4 is 11.6 Å². The quantitative estimate of drug-likeness (QED) is 0.706. The molecule has 98 valence electrons. The van der Waals surface area contributed by atoms with E-state index >= 15 is 0 Å². The summed E-state index contributed by atoms with van der Waals surface area (Å²) < 4.78 is 3.86. The molecule has 0 unspecified atom stereocenters. The van der Waals surface area contributed by atoms with E-state index in [9.17, 15) is 0 Å². The molecule has 6 nitrogen and oxygen atoms in total. The van der Waals surface area contributed by atoms with Crippen molar-refractivity contribution in [1.82, 2.24) is 24.1 Å². The minimum atomic E-state index is 0.680. The minimum absolute atomic E-state index is 0.680. The van der Waals surface area contributed by atoms with Gasteiger partial charge in [0.1, 0.15) is 0 Å². The van der Waals surface area contributed by atoms with Gasteiger partial charge in [0.05, 0.1) is 6.33 Å². The Morgan fingerprint density at radius 3 is 3.05 bits per heavy atom. The highest BCUT2D eigenvalue weighted by Gasteiger charge is 2.04. The average Bonchev–Trinajstić information content (AvgIpc) is 3.04. The second-order valence-corrected chi connectivity index (χ2v) is 4.48. The van der Waals surface area contributed by atoms with Crippen LogP contribution in [0.1, 0.15) is 12.0 Å². The number of imidazole rings is 1. The number of aromatic nitrogens is 5. The Bertz CT molecular complexity index is 655. The van der Waals surface area contributed by atoms with E-state index in [1.165, 1.54) is 0 Å². The fourth-order valence-electron chi connectivity index (χ4n) is 2.00. The van der Waals surface area contributed by atoms with Crippen LogP contribution < -0.4 is 5.32 Å². The second-order valence-electron chi connectivity index (χ2n) is 4.48. The normalized spacial score (nSPS) is 11.0. The largest absolute Gasteiger partial charge is 0.353 e. The molecule has 3 heterocycles. The van der Waals surface area contributed by atoms with Crippen LogP contribution >= 0.6 is 0 Å². The lowest BCUT2D eigenvalue weighted by molar-refractivity contribution is 0.659. The van der Waals surface area contributed by atoms with Gasteiger partial charge in [-0.2, -0.15) is 4.98 Å². The number of fused-ring (bicyclic) bond motifs is 1. The predicted octanol–water partition coefficient (Wildman–Crippen LogP) is 1.74. The van der Waals surface area contributed by atoms with Crippen LogP contribution in [0, 0.1) is 6.92 Å². The molecule has 19 heavy (non-hydrogen) atoms. The molecule has 0 aromatic carbocycles. The molecule has 6 heteroatoms. The van der Waals surface area contributed by atoms with Gasteiger partial charge in [-0.3, -0.25) is 0 Å². The summed E-state index contributed by atoms with van der Waals surface area (Å²) in [6.45, 7) is 3.82. The Morgan fingerprint density at radius 1 is 1.32 bits per heavy atom. The van der Waals surface area contributed by atoms with Crippen molar-refractivity contribution < 1.29 is 0 Å². The molecule has 0 atom stereocenters. The zero-order valence-corrected chi connectivity index (χ0v) is 10.8. The molecule has 3 aromatic rings. The molecule has 0 saturated heterocycles. The maximum absolute atomic E-state index is 4.47. The lowest BCUT2D eigenvalue weighted by atomic mass is 10.3. The Morgan fingerprint density at radius 2 is 2.26 bits per heavy atom. The standard InChI is InChI=1S/C13H16N6/c1-11-4-2-8-19-12(11)16-13(17-19)15-5-3-7-18-9-6-14-10-18/h2,4,6,8-10H,3,5,7H2,1H3,(H,15,17). The van der Waals surface area contributed by atoms with E-state index in [1.807, 2.05) is 37.8 Å². The molecule has 0 aliphatic heterocycles. The van der Waals surface area contributed by atoms with Gasteiger partial charge in [-0.25, -0.2) is 9.50 Å². The van der Waals surface area contributed by atoms with Gasteiger partial charge in [-0.05, 0) is 25.0 Å². The molecule has 0 bridgehead atoms. The zero-order chi connectivity index (χ0) is 13.1. The first kappa shape index (κ1) is 11.7. The van der Waals surface area contributed by atoms with E-state index in [0.29, 0.717) is 5.95 Å². The topological polar surface area (TPSA) is 60.0 Å². The molecule has 0 aliphatic rings. The third-order valence-corrected chi connectivity index (χ3v) is 2.99. The predicted molar refractivity (Wildman–Crippen MR) is 73.1 cm³/mol. The summed E-state index contributed by atoms with van der Waals surface area (Å²) in [7, 11) is 0. The summed E-state index contributed by atoms with van der Waals surface area (Å²) >= 11 is 0. The van der Waals surface area contributed by atoms with Crippen molar-refractivity contribution in [3.05, 3.63) is 42.6 Å². The lowest BCUT2D eigenvalue weighted by Crippen LogP contribution is -2.06. The maximum Gasteiger partial charge on any atom is 0.243 e. The number of anilines is 1. The van der Waals surface area contributed by atoms with Gasteiger partial charge in [0.2, 0.25) is 5.95 Å². The van der Waals surface area contributed by atoms with Gasteiger partial charge in [0, 0.05) is 31.7 Å². The molecule has 0 fully saturated rings. The number of nitrogens with one attached hydrogen (secondary N) is 1. The molecule has 0 saturated carbocycles. The van der Waals surface area contributed by atoms with E-state index in [1.54, 1.807) is 10.7 Å². The number of rotatable bonds is 5. The van der Waals surface area contributed by atoms with Crippen LogP contribution in [0.3, 0.4) is 0 Å². The molecule has 0 amide bonds. The van der Waals surface area contributed by atoms with Gasteiger partial charge < -0.3 is 9.88 Å². The molecule has 0 aliphatic carbocycles. The molecule has 3 aromatic heterocycles. The average molecular weight is 256 g/mol. The van der Waals surface area contributed by atoms with Crippen molar-refractivity contribution in [3.63, 3.8) is 0 Å². The zero-order valence-electron chi connectivity index (χ0n) is 10.8. The van der Waals surface area contributed by atoms with Crippen molar-refractivity contribution in [2.45, 2.75) is 19.9 Å². The first-order valence-corrected chi connectivity index (χ1v) is 6.34. The second kappa shape index (κ2) is 5.09. The first-order chi connectivity index (χ1) is 9.33. The third-order valence-electron chi connectivity index (χ3n) is 2.99. The van der Waals surface area contributed by atoms with Crippen LogP contribution in [0.4, 0.5) is 5.95 Å². The van der Waals surface area contributed by atoms with Crippen molar-refractivity contribution in [1.29, 1.82) is 0 Å². The highest BCUT2D eigenvalue weighted by molar-refractivity contribution is 5.49. The minimum Gasteiger partial charge on any atom is -0.353 e. The van der Waals surface area contributed by atoms with E-state index < -0.39 is 0 Å². The van der Waals surface area contributed by atoms with E-state index in [4.69, 9.17) is 0 Å². The Labute approximate surface area is 111 Å². The lowest BCUT2D eigenvalue weighted by Gasteiger charge is -2.02. The van der Waals surface area contributed by atoms with E-state index in [2.05, 4.69) is 25.0 Å². The summed E-state index contributed by atoms with van der Waals surface area (Å²) in [4.78, 5) is 8.48. The summed E-state index contributed by atoms with van der Waals surface area (Å²) in [6, 6.07) is 4.01. The summed E-state index contributed by atoms with van der Waals surface area (Å²) in [6.07, 6.45) is 8.50. The maximum atomic E-state index is 4.47. The monoisotopic (exact) mass is 256 g/mol. The number of pyridine rings is 1. The summed E-state index contributed by atoms with van der Waals surface area (Å²) in [5.41, 5.74) is 2.03. The number of nitrogens with zero attached hydrogens (tertiary/aromatic N) is 5. The number of hydrogen-bond acceptors (Lipinski definition) is 4. The van der Waals surface area contributed by atoms with Gasteiger partial charge in [0.25, 0.3) is 0 Å².